The van der Waals surface area contributed by atoms with Crippen LogP contribution in [-0.2, 0) is 19.4 Å². The lowest BCUT2D eigenvalue weighted by Crippen LogP contribution is -2.56. The number of hydrogen-bond donors (Lipinski definition) is 2. The van der Waals surface area contributed by atoms with Crippen molar-refractivity contribution in [1.29, 1.82) is 0 Å². The van der Waals surface area contributed by atoms with Crippen molar-refractivity contribution >= 4 is 5.96 Å². The predicted molar refractivity (Wildman–Crippen MR) is 113 cm³/mol. The Hall–Kier alpha value is -1.63. The van der Waals surface area contributed by atoms with E-state index in [1.807, 2.05) is 7.05 Å². The predicted octanol–water partition coefficient (Wildman–Crippen LogP) is 2.12. The molecule has 28 heavy (non-hydrogen) atoms. The molecule has 2 bridgehead atoms. The smallest absolute Gasteiger partial charge is 0.191 e. The summed E-state index contributed by atoms with van der Waals surface area (Å²) in [5.41, 5.74) is 0. The maximum absolute atomic E-state index is 4.46. The Morgan fingerprint density at radius 2 is 1.93 bits per heavy atom. The van der Waals surface area contributed by atoms with Crippen LogP contribution in [0.5, 0.6) is 0 Å². The van der Waals surface area contributed by atoms with Gasteiger partial charge in [-0.25, -0.2) is 0 Å². The summed E-state index contributed by atoms with van der Waals surface area (Å²) in [5.74, 6) is 3.29. The lowest BCUT2D eigenvalue weighted by molar-refractivity contribution is 0.0526. The largest absolute Gasteiger partial charge is 0.356 e. The van der Waals surface area contributed by atoms with E-state index in [2.05, 4.69) is 42.3 Å². The second kappa shape index (κ2) is 9.25. The molecule has 2 N–H and O–H groups in total. The molecule has 2 fully saturated rings. The molecular formula is C21H37N7. The van der Waals surface area contributed by atoms with Gasteiger partial charge in [0.1, 0.15) is 11.6 Å². The van der Waals surface area contributed by atoms with Gasteiger partial charge in [0.25, 0.3) is 0 Å². The van der Waals surface area contributed by atoms with Gasteiger partial charge in [0.15, 0.2) is 5.96 Å². The first-order valence-corrected chi connectivity index (χ1v) is 11.3. The van der Waals surface area contributed by atoms with Crippen molar-refractivity contribution in [3.63, 3.8) is 0 Å². The standard InChI is InChI=1S/C21H37N7/c1-22-21(24-16-14-17-8-6-9-18(15-16)27(17)2)23-12-7-11-20-26-25-19-10-4-3-5-13-28(19)20/h16-18H,3-15H2,1-2H3,(H2,22,23,24). The molecule has 2 atom stereocenters. The lowest BCUT2D eigenvalue weighted by Gasteiger charge is -2.47. The Bertz CT molecular complexity index is 654. The van der Waals surface area contributed by atoms with Gasteiger partial charge in [-0.1, -0.05) is 12.8 Å². The molecule has 2 unspecified atom stereocenters. The van der Waals surface area contributed by atoms with E-state index in [1.165, 1.54) is 57.2 Å². The normalized spacial score (nSPS) is 28.5. The second-order valence-corrected chi connectivity index (χ2v) is 8.81. The Morgan fingerprint density at radius 1 is 1.11 bits per heavy atom. The van der Waals surface area contributed by atoms with Gasteiger partial charge in [0.05, 0.1) is 0 Å². The zero-order chi connectivity index (χ0) is 19.3. The first-order chi connectivity index (χ1) is 13.7. The van der Waals surface area contributed by atoms with Crippen molar-refractivity contribution in [2.45, 2.75) is 95.3 Å². The number of aromatic nitrogens is 3. The number of rotatable bonds is 5. The molecule has 0 spiro atoms. The van der Waals surface area contributed by atoms with Crippen LogP contribution in [0.3, 0.4) is 0 Å². The van der Waals surface area contributed by atoms with Crippen molar-refractivity contribution in [3.05, 3.63) is 11.6 Å². The Morgan fingerprint density at radius 3 is 2.71 bits per heavy atom. The summed E-state index contributed by atoms with van der Waals surface area (Å²) in [6, 6.07) is 2.03. The maximum Gasteiger partial charge on any atom is 0.191 e. The molecule has 156 valence electrons. The fourth-order valence-electron chi connectivity index (χ4n) is 5.31. The topological polar surface area (TPSA) is 70.4 Å². The van der Waals surface area contributed by atoms with Gasteiger partial charge in [0, 0.05) is 51.1 Å². The van der Waals surface area contributed by atoms with Gasteiger partial charge < -0.3 is 20.1 Å². The van der Waals surface area contributed by atoms with Gasteiger partial charge in [-0.3, -0.25) is 4.99 Å². The fourth-order valence-corrected chi connectivity index (χ4v) is 5.31. The molecule has 1 aromatic heterocycles. The molecule has 0 aliphatic carbocycles. The third-order valence-electron chi connectivity index (χ3n) is 6.96. The Kier molecular flexibility index (Phi) is 6.50. The molecule has 7 heteroatoms. The van der Waals surface area contributed by atoms with E-state index in [9.17, 15) is 0 Å². The summed E-state index contributed by atoms with van der Waals surface area (Å²) >= 11 is 0. The minimum absolute atomic E-state index is 0.546. The lowest BCUT2D eigenvalue weighted by atomic mass is 9.82. The van der Waals surface area contributed by atoms with Crippen molar-refractivity contribution in [1.82, 2.24) is 30.3 Å². The molecule has 4 rings (SSSR count). The van der Waals surface area contributed by atoms with Crippen LogP contribution in [0.1, 0.15) is 69.4 Å². The Balaban J connectivity index is 1.22. The van der Waals surface area contributed by atoms with Gasteiger partial charge in [-0.2, -0.15) is 0 Å². The maximum atomic E-state index is 4.46. The van der Waals surface area contributed by atoms with Gasteiger partial charge >= 0.3 is 0 Å². The van der Waals surface area contributed by atoms with Crippen LogP contribution in [0.4, 0.5) is 0 Å². The van der Waals surface area contributed by atoms with Crippen LogP contribution >= 0.6 is 0 Å². The van der Waals surface area contributed by atoms with Crippen LogP contribution in [-0.4, -0.2) is 64.4 Å². The van der Waals surface area contributed by atoms with Crippen LogP contribution < -0.4 is 10.6 Å². The summed E-state index contributed by atoms with van der Waals surface area (Å²) in [6.07, 6.45) is 13.5. The molecule has 2 saturated heterocycles. The quantitative estimate of drug-likeness (QED) is 0.460. The molecule has 0 radical (unpaired) electrons. The SMILES string of the molecule is CN=C(NCCCc1nnc2n1CCCCC2)NC1CC2CCCC(C1)N2C. The number of nitrogens with zero attached hydrogens (tertiary/aromatic N) is 5. The first-order valence-electron chi connectivity index (χ1n) is 11.3. The minimum Gasteiger partial charge on any atom is -0.356 e. The average Bonchev–Trinajstić information content (AvgIpc) is 2.91. The van der Waals surface area contributed by atoms with Gasteiger partial charge in [0.2, 0.25) is 0 Å². The summed E-state index contributed by atoms with van der Waals surface area (Å²) in [5, 5.41) is 16.1. The van der Waals surface area contributed by atoms with E-state index in [0.717, 1.165) is 56.2 Å². The fraction of sp³-hybridized carbons (Fsp3) is 0.857. The summed E-state index contributed by atoms with van der Waals surface area (Å²) in [6.45, 7) is 2.01. The number of hydrogen-bond acceptors (Lipinski definition) is 4. The van der Waals surface area contributed by atoms with Crippen molar-refractivity contribution < 1.29 is 0 Å². The van der Waals surface area contributed by atoms with Crippen molar-refractivity contribution in [3.8, 4) is 0 Å². The number of aliphatic imine (C=N–C) groups is 1. The molecular weight excluding hydrogens is 350 g/mol. The molecule has 7 nitrogen and oxygen atoms in total. The number of nitrogens with one attached hydrogen (secondary N) is 2. The van der Waals surface area contributed by atoms with E-state index in [1.54, 1.807) is 0 Å². The van der Waals surface area contributed by atoms with E-state index in [4.69, 9.17) is 0 Å². The summed E-state index contributed by atoms with van der Waals surface area (Å²) < 4.78 is 2.36. The Labute approximate surface area is 169 Å². The average molecular weight is 388 g/mol. The van der Waals surface area contributed by atoms with E-state index >= 15 is 0 Å². The van der Waals surface area contributed by atoms with Crippen LogP contribution in [0.15, 0.2) is 4.99 Å². The molecule has 3 aliphatic rings. The highest BCUT2D eigenvalue weighted by molar-refractivity contribution is 5.79. The highest BCUT2D eigenvalue weighted by Crippen LogP contribution is 2.32. The zero-order valence-electron chi connectivity index (χ0n) is 17.7. The molecule has 1 aromatic rings. The van der Waals surface area contributed by atoms with Crippen LogP contribution in [0.2, 0.25) is 0 Å². The van der Waals surface area contributed by atoms with Gasteiger partial charge in [-0.05, 0) is 52.0 Å². The molecule has 0 amide bonds. The van der Waals surface area contributed by atoms with Crippen LogP contribution in [0.25, 0.3) is 0 Å². The highest BCUT2D eigenvalue weighted by atomic mass is 15.3. The second-order valence-electron chi connectivity index (χ2n) is 8.81. The number of guanidine groups is 1. The van der Waals surface area contributed by atoms with E-state index in [0.29, 0.717) is 6.04 Å². The molecule has 0 saturated carbocycles. The highest BCUT2D eigenvalue weighted by Gasteiger charge is 2.36. The summed E-state index contributed by atoms with van der Waals surface area (Å²) in [4.78, 5) is 7.07. The number of aryl methyl sites for hydroxylation is 2. The van der Waals surface area contributed by atoms with E-state index < -0.39 is 0 Å². The number of fused-ring (bicyclic) bond motifs is 3. The third kappa shape index (κ3) is 4.50. The molecule has 0 aromatic carbocycles. The zero-order valence-corrected chi connectivity index (χ0v) is 17.7. The van der Waals surface area contributed by atoms with Crippen molar-refractivity contribution in [2.75, 3.05) is 20.6 Å². The minimum atomic E-state index is 0.546. The molecule has 3 aliphatic heterocycles. The third-order valence-corrected chi connectivity index (χ3v) is 6.96. The summed E-state index contributed by atoms with van der Waals surface area (Å²) in [7, 11) is 4.19. The van der Waals surface area contributed by atoms with Crippen molar-refractivity contribution in [2.24, 2.45) is 4.99 Å². The monoisotopic (exact) mass is 387 g/mol. The first kappa shape index (κ1) is 19.7. The molecule has 4 heterocycles. The van der Waals surface area contributed by atoms with Crippen LogP contribution in [0, 0.1) is 0 Å². The number of piperidine rings is 2. The van der Waals surface area contributed by atoms with E-state index in [-0.39, 0.29) is 0 Å². The van der Waals surface area contributed by atoms with Gasteiger partial charge in [-0.15, -0.1) is 10.2 Å².